The first-order valence-corrected chi connectivity index (χ1v) is 10.9. The third kappa shape index (κ3) is 6.23. The molecule has 1 fully saturated rings. The zero-order valence-electron chi connectivity index (χ0n) is 18.6. The summed E-state index contributed by atoms with van der Waals surface area (Å²) in [7, 11) is 3.23. The molecule has 1 aliphatic carbocycles. The van der Waals surface area contributed by atoms with Gasteiger partial charge in [0.1, 0.15) is 17.5 Å². The lowest BCUT2D eigenvalue weighted by Crippen LogP contribution is -2.50. The topological polar surface area (TPSA) is 67.9 Å². The first-order valence-electron chi connectivity index (χ1n) is 10.9. The van der Waals surface area contributed by atoms with Gasteiger partial charge in [0.2, 0.25) is 11.8 Å². The van der Waals surface area contributed by atoms with Gasteiger partial charge in [-0.1, -0.05) is 37.1 Å². The fourth-order valence-corrected chi connectivity index (χ4v) is 3.96. The Morgan fingerprint density at radius 3 is 2.32 bits per heavy atom. The average molecular weight is 425 g/mol. The largest absolute Gasteiger partial charge is 0.497 e. The highest BCUT2D eigenvalue weighted by molar-refractivity contribution is 5.88. The molecular weight excluding hydrogens is 392 g/mol. The van der Waals surface area contributed by atoms with E-state index in [-0.39, 0.29) is 24.3 Å². The lowest BCUT2D eigenvalue weighted by Gasteiger charge is -2.30. The number of carbonyl (C=O) groups is 2. The Balaban J connectivity index is 1.77. The monoisotopic (exact) mass is 424 g/mol. The Bertz CT molecular complexity index is 875. The Kier molecular flexibility index (Phi) is 7.93. The van der Waals surface area contributed by atoms with Crippen LogP contribution in [0, 0.1) is 0 Å². The van der Waals surface area contributed by atoms with Gasteiger partial charge in [0.05, 0.1) is 20.6 Å². The molecule has 0 aromatic heterocycles. The van der Waals surface area contributed by atoms with Crippen LogP contribution in [0.3, 0.4) is 0 Å². The molecule has 31 heavy (non-hydrogen) atoms. The number of hydrogen-bond acceptors (Lipinski definition) is 4. The van der Waals surface area contributed by atoms with E-state index in [2.05, 4.69) is 5.32 Å². The summed E-state index contributed by atoms with van der Waals surface area (Å²) in [5, 5.41) is 3.13. The first-order chi connectivity index (χ1) is 15.0. The van der Waals surface area contributed by atoms with Crippen molar-refractivity contribution >= 4 is 11.8 Å². The second kappa shape index (κ2) is 10.8. The number of rotatable bonds is 9. The Labute approximate surface area is 184 Å². The number of carbonyl (C=O) groups excluding carboxylic acids is 2. The Morgan fingerprint density at radius 2 is 1.68 bits per heavy atom. The van der Waals surface area contributed by atoms with Crippen molar-refractivity contribution < 1.29 is 19.1 Å². The summed E-state index contributed by atoms with van der Waals surface area (Å²) in [5.74, 6) is 1.27. The Hall–Kier alpha value is -3.02. The van der Waals surface area contributed by atoms with Gasteiger partial charge >= 0.3 is 0 Å². The minimum absolute atomic E-state index is 0.0953. The second-order valence-corrected chi connectivity index (χ2v) is 8.06. The summed E-state index contributed by atoms with van der Waals surface area (Å²) in [4.78, 5) is 27.9. The number of amides is 2. The third-order valence-electron chi connectivity index (χ3n) is 5.87. The van der Waals surface area contributed by atoms with Crippen molar-refractivity contribution in [3.05, 3.63) is 59.7 Å². The van der Waals surface area contributed by atoms with Crippen molar-refractivity contribution in [2.45, 2.75) is 57.7 Å². The zero-order valence-corrected chi connectivity index (χ0v) is 18.6. The van der Waals surface area contributed by atoms with E-state index in [1.165, 1.54) is 0 Å². The quantitative estimate of drug-likeness (QED) is 0.666. The van der Waals surface area contributed by atoms with Crippen LogP contribution in [0.1, 0.15) is 43.7 Å². The molecule has 0 bridgehead atoms. The van der Waals surface area contributed by atoms with Crippen molar-refractivity contribution in [2.75, 3.05) is 14.2 Å². The first kappa shape index (κ1) is 22.7. The van der Waals surface area contributed by atoms with E-state index in [0.717, 1.165) is 48.3 Å². The SMILES string of the molecule is COc1ccc(CC(=O)N(Cc2cccc(OC)c2)[C@@H](C)C(=O)NC2CCCC2)cc1. The number of nitrogens with one attached hydrogen (secondary N) is 1. The van der Waals surface area contributed by atoms with Crippen molar-refractivity contribution in [2.24, 2.45) is 0 Å². The van der Waals surface area contributed by atoms with E-state index in [0.29, 0.717) is 6.54 Å². The molecule has 0 aliphatic heterocycles. The Morgan fingerprint density at radius 1 is 1.00 bits per heavy atom. The summed E-state index contributed by atoms with van der Waals surface area (Å²) in [6.45, 7) is 2.14. The molecule has 1 aliphatic rings. The maximum atomic E-state index is 13.3. The number of benzene rings is 2. The van der Waals surface area contributed by atoms with E-state index < -0.39 is 6.04 Å². The van der Waals surface area contributed by atoms with Gasteiger partial charge in [0.25, 0.3) is 0 Å². The van der Waals surface area contributed by atoms with E-state index in [1.54, 1.807) is 26.0 Å². The smallest absolute Gasteiger partial charge is 0.242 e. The molecule has 0 heterocycles. The molecule has 166 valence electrons. The van der Waals surface area contributed by atoms with Crippen LogP contribution in [0.2, 0.25) is 0 Å². The van der Waals surface area contributed by atoms with Crippen LogP contribution in [-0.2, 0) is 22.6 Å². The number of nitrogens with zero attached hydrogens (tertiary/aromatic N) is 1. The van der Waals surface area contributed by atoms with Crippen LogP contribution in [-0.4, -0.2) is 43.0 Å². The van der Waals surface area contributed by atoms with Gasteiger partial charge in [-0.2, -0.15) is 0 Å². The molecule has 2 aromatic carbocycles. The van der Waals surface area contributed by atoms with E-state index in [4.69, 9.17) is 9.47 Å². The highest BCUT2D eigenvalue weighted by atomic mass is 16.5. The predicted octanol–water partition coefficient (Wildman–Crippen LogP) is 3.72. The molecule has 6 heteroatoms. The van der Waals surface area contributed by atoms with E-state index in [1.807, 2.05) is 48.5 Å². The molecule has 2 amide bonds. The summed E-state index contributed by atoms with van der Waals surface area (Å²) in [6.07, 6.45) is 4.52. The van der Waals surface area contributed by atoms with Crippen LogP contribution in [0.15, 0.2) is 48.5 Å². The third-order valence-corrected chi connectivity index (χ3v) is 5.87. The van der Waals surface area contributed by atoms with Crippen molar-refractivity contribution in [1.82, 2.24) is 10.2 Å². The predicted molar refractivity (Wildman–Crippen MR) is 120 cm³/mol. The molecule has 3 rings (SSSR count). The van der Waals surface area contributed by atoms with Crippen molar-refractivity contribution in [1.29, 1.82) is 0 Å². The molecule has 0 spiro atoms. The molecule has 1 saturated carbocycles. The van der Waals surface area contributed by atoms with Crippen LogP contribution in [0.4, 0.5) is 0 Å². The minimum Gasteiger partial charge on any atom is -0.497 e. The lowest BCUT2D eigenvalue weighted by atomic mass is 10.1. The summed E-state index contributed by atoms with van der Waals surface area (Å²) in [6, 6.07) is 14.7. The van der Waals surface area contributed by atoms with Crippen molar-refractivity contribution in [3.63, 3.8) is 0 Å². The van der Waals surface area contributed by atoms with Crippen LogP contribution >= 0.6 is 0 Å². The molecule has 6 nitrogen and oxygen atoms in total. The van der Waals surface area contributed by atoms with Gasteiger partial charge in [-0.15, -0.1) is 0 Å². The fraction of sp³-hybridized carbons (Fsp3) is 0.440. The maximum Gasteiger partial charge on any atom is 0.242 e. The van der Waals surface area contributed by atoms with Gasteiger partial charge in [0, 0.05) is 12.6 Å². The number of methoxy groups -OCH3 is 2. The molecule has 0 unspecified atom stereocenters. The normalized spacial score (nSPS) is 14.7. The van der Waals surface area contributed by atoms with Crippen molar-refractivity contribution in [3.8, 4) is 11.5 Å². The highest BCUT2D eigenvalue weighted by Crippen LogP contribution is 2.20. The van der Waals surface area contributed by atoms with Gasteiger partial charge in [-0.05, 0) is 55.2 Å². The van der Waals surface area contributed by atoms with Crippen LogP contribution in [0.25, 0.3) is 0 Å². The van der Waals surface area contributed by atoms with Crippen LogP contribution in [0.5, 0.6) is 11.5 Å². The number of hydrogen-bond donors (Lipinski definition) is 1. The number of ether oxygens (including phenoxy) is 2. The molecule has 1 atom stereocenters. The summed E-state index contributed by atoms with van der Waals surface area (Å²) >= 11 is 0. The van der Waals surface area contributed by atoms with Gasteiger partial charge in [-0.3, -0.25) is 9.59 Å². The van der Waals surface area contributed by atoms with E-state index >= 15 is 0 Å². The summed E-state index contributed by atoms with van der Waals surface area (Å²) in [5.41, 5.74) is 1.80. The van der Waals surface area contributed by atoms with E-state index in [9.17, 15) is 9.59 Å². The van der Waals surface area contributed by atoms with Gasteiger partial charge < -0.3 is 19.7 Å². The molecule has 2 aromatic rings. The van der Waals surface area contributed by atoms with Gasteiger partial charge in [0.15, 0.2) is 0 Å². The maximum absolute atomic E-state index is 13.3. The minimum atomic E-state index is -0.572. The summed E-state index contributed by atoms with van der Waals surface area (Å²) < 4.78 is 10.5. The average Bonchev–Trinajstić information content (AvgIpc) is 3.30. The second-order valence-electron chi connectivity index (χ2n) is 8.06. The van der Waals surface area contributed by atoms with Crippen LogP contribution < -0.4 is 14.8 Å². The molecular formula is C25H32N2O4. The molecule has 1 N–H and O–H groups in total. The standard InChI is InChI=1S/C25H32N2O4/c1-18(25(29)26-21-8-4-5-9-21)27(17-20-7-6-10-23(15-20)31-3)24(28)16-19-11-13-22(30-2)14-12-19/h6-7,10-15,18,21H,4-5,8-9,16-17H2,1-3H3,(H,26,29)/t18-/m0/s1. The lowest BCUT2D eigenvalue weighted by molar-refractivity contribution is -0.140. The molecule has 0 radical (unpaired) electrons. The molecule has 0 saturated heterocycles. The fourth-order valence-electron chi connectivity index (χ4n) is 3.96. The van der Waals surface area contributed by atoms with Gasteiger partial charge in [-0.25, -0.2) is 0 Å². The highest BCUT2D eigenvalue weighted by Gasteiger charge is 2.28. The zero-order chi connectivity index (χ0) is 22.2.